The van der Waals surface area contributed by atoms with Crippen molar-refractivity contribution in [3.63, 3.8) is 0 Å². The number of ketones is 1. The largest absolute Gasteiger partial charge is 0.478 e. The third-order valence-electron chi connectivity index (χ3n) is 4.36. The number of carboxylic acids is 1. The molecule has 26 heavy (non-hydrogen) atoms. The standard InChI is InChI=1S/C22H15NO3/c24-21-18-12-5-4-11-17(18)20(19(21)14-7-2-1-3-8-14)23-16-10-6-9-15(13-16)22(25)26/h1-13,23H,(H,25,26). The van der Waals surface area contributed by atoms with Crippen LogP contribution in [-0.4, -0.2) is 16.9 Å². The minimum Gasteiger partial charge on any atom is -0.478 e. The van der Waals surface area contributed by atoms with Crippen molar-refractivity contribution >= 4 is 28.7 Å². The number of rotatable bonds is 4. The predicted molar refractivity (Wildman–Crippen MR) is 101 cm³/mol. The molecule has 1 aliphatic rings. The average molecular weight is 341 g/mol. The second kappa shape index (κ2) is 6.33. The summed E-state index contributed by atoms with van der Waals surface area (Å²) in [4.78, 5) is 24.2. The van der Waals surface area contributed by atoms with Gasteiger partial charge in [0.05, 0.1) is 16.8 Å². The molecule has 4 rings (SSSR count). The molecular weight excluding hydrogens is 326 g/mol. The molecule has 4 nitrogen and oxygen atoms in total. The Morgan fingerprint density at radius 3 is 2.23 bits per heavy atom. The van der Waals surface area contributed by atoms with Crippen LogP contribution in [0.25, 0.3) is 11.3 Å². The molecule has 0 aliphatic heterocycles. The van der Waals surface area contributed by atoms with Crippen molar-refractivity contribution < 1.29 is 14.7 Å². The van der Waals surface area contributed by atoms with E-state index in [1.54, 1.807) is 18.2 Å². The van der Waals surface area contributed by atoms with Gasteiger partial charge in [0.15, 0.2) is 5.78 Å². The zero-order valence-corrected chi connectivity index (χ0v) is 13.8. The van der Waals surface area contributed by atoms with Crippen molar-refractivity contribution in [3.8, 4) is 0 Å². The maximum Gasteiger partial charge on any atom is 0.335 e. The van der Waals surface area contributed by atoms with Crippen LogP contribution >= 0.6 is 0 Å². The van der Waals surface area contributed by atoms with E-state index in [4.69, 9.17) is 0 Å². The Morgan fingerprint density at radius 1 is 0.808 bits per heavy atom. The number of nitrogens with one attached hydrogen (secondary N) is 1. The van der Waals surface area contributed by atoms with E-state index in [1.165, 1.54) is 6.07 Å². The predicted octanol–water partition coefficient (Wildman–Crippen LogP) is 4.56. The second-order valence-corrected chi connectivity index (χ2v) is 6.00. The molecule has 0 amide bonds. The maximum atomic E-state index is 13.0. The number of aromatic carboxylic acids is 1. The lowest BCUT2D eigenvalue weighted by Crippen LogP contribution is -2.03. The zero-order valence-electron chi connectivity index (χ0n) is 13.8. The van der Waals surface area contributed by atoms with Crippen molar-refractivity contribution in [2.24, 2.45) is 0 Å². The topological polar surface area (TPSA) is 66.4 Å². The number of hydrogen-bond acceptors (Lipinski definition) is 3. The summed E-state index contributed by atoms with van der Waals surface area (Å²) in [7, 11) is 0. The minimum atomic E-state index is -0.992. The molecule has 3 aromatic carbocycles. The number of carboxylic acid groups (broad SMARTS) is 1. The van der Waals surface area contributed by atoms with Gasteiger partial charge >= 0.3 is 5.97 Å². The van der Waals surface area contributed by atoms with Crippen LogP contribution in [0.5, 0.6) is 0 Å². The fourth-order valence-corrected chi connectivity index (χ4v) is 3.17. The molecule has 2 N–H and O–H groups in total. The Labute approximate surface area is 150 Å². The van der Waals surface area contributed by atoms with E-state index in [2.05, 4.69) is 5.32 Å². The summed E-state index contributed by atoms with van der Waals surface area (Å²) < 4.78 is 0. The summed E-state index contributed by atoms with van der Waals surface area (Å²) in [5.41, 5.74) is 4.38. The number of fused-ring (bicyclic) bond motifs is 1. The molecule has 4 heteroatoms. The highest BCUT2D eigenvalue weighted by molar-refractivity contribution is 6.40. The highest BCUT2D eigenvalue weighted by Crippen LogP contribution is 2.38. The third kappa shape index (κ3) is 2.67. The van der Waals surface area contributed by atoms with E-state index in [0.29, 0.717) is 22.5 Å². The van der Waals surface area contributed by atoms with Crippen molar-refractivity contribution in [1.29, 1.82) is 0 Å². The van der Waals surface area contributed by atoms with Crippen LogP contribution in [0.1, 0.15) is 31.8 Å². The summed E-state index contributed by atoms with van der Waals surface area (Å²) in [5.74, 6) is -1.03. The van der Waals surface area contributed by atoms with E-state index in [-0.39, 0.29) is 11.3 Å². The molecular formula is C22H15NO3. The first-order valence-electron chi connectivity index (χ1n) is 8.19. The second-order valence-electron chi connectivity index (χ2n) is 6.00. The van der Waals surface area contributed by atoms with Crippen LogP contribution < -0.4 is 5.32 Å². The van der Waals surface area contributed by atoms with E-state index in [0.717, 1.165) is 11.1 Å². The normalized spacial score (nSPS) is 12.8. The lowest BCUT2D eigenvalue weighted by Gasteiger charge is -2.12. The van der Waals surface area contributed by atoms with Crippen LogP contribution in [-0.2, 0) is 0 Å². The van der Waals surface area contributed by atoms with Gasteiger partial charge in [-0.05, 0) is 23.8 Å². The maximum absolute atomic E-state index is 13.0. The first-order valence-corrected chi connectivity index (χ1v) is 8.19. The van der Waals surface area contributed by atoms with Gasteiger partial charge in [-0.25, -0.2) is 4.79 Å². The SMILES string of the molecule is O=C(O)c1cccc(NC2=C(c3ccccc3)C(=O)c3ccccc32)c1. The molecule has 3 aromatic rings. The van der Waals surface area contributed by atoms with Gasteiger partial charge in [-0.15, -0.1) is 0 Å². The van der Waals surface area contributed by atoms with Crippen LogP contribution in [0.2, 0.25) is 0 Å². The van der Waals surface area contributed by atoms with Crippen LogP contribution in [0.15, 0.2) is 78.9 Å². The van der Waals surface area contributed by atoms with Crippen molar-refractivity contribution in [3.05, 3.63) is 101 Å². The van der Waals surface area contributed by atoms with E-state index < -0.39 is 5.97 Å². The van der Waals surface area contributed by atoms with Gasteiger partial charge in [0.2, 0.25) is 0 Å². The molecule has 0 saturated carbocycles. The van der Waals surface area contributed by atoms with Crippen LogP contribution in [0, 0.1) is 0 Å². The Balaban J connectivity index is 1.86. The number of allylic oxidation sites excluding steroid dienone is 1. The Morgan fingerprint density at radius 2 is 1.50 bits per heavy atom. The number of benzene rings is 3. The molecule has 0 saturated heterocycles. The van der Waals surface area contributed by atoms with Gasteiger partial charge in [0.1, 0.15) is 0 Å². The van der Waals surface area contributed by atoms with Gasteiger partial charge in [0.25, 0.3) is 0 Å². The first-order chi connectivity index (χ1) is 12.6. The van der Waals surface area contributed by atoms with Crippen molar-refractivity contribution in [1.82, 2.24) is 0 Å². The summed E-state index contributed by atoms with van der Waals surface area (Å²) in [6, 6.07) is 23.5. The molecule has 0 unspecified atom stereocenters. The molecule has 0 aromatic heterocycles. The number of carbonyl (C=O) groups is 2. The lowest BCUT2D eigenvalue weighted by atomic mass is 10.0. The number of carbonyl (C=O) groups excluding carboxylic acids is 1. The number of Topliss-reactive ketones (excluding diaryl/α,β-unsaturated/α-hetero) is 1. The first kappa shape index (κ1) is 15.8. The molecule has 0 radical (unpaired) electrons. The molecule has 126 valence electrons. The summed E-state index contributed by atoms with van der Waals surface area (Å²) >= 11 is 0. The van der Waals surface area contributed by atoms with E-state index >= 15 is 0 Å². The fraction of sp³-hybridized carbons (Fsp3) is 0. The molecule has 0 heterocycles. The Hall–Kier alpha value is -3.66. The smallest absolute Gasteiger partial charge is 0.335 e. The monoisotopic (exact) mass is 341 g/mol. The van der Waals surface area contributed by atoms with Gasteiger partial charge in [-0.1, -0.05) is 60.7 Å². The quantitative estimate of drug-likeness (QED) is 0.730. The van der Waals surface area contributed by atoms with Gasteiger partial charge in [-0.3, -0.25) is 4.79 Å². The van der Waals surface area contributed by atoms with Gasteiger partial charge in [0, 0.05) is 16.8 Å². The van der Waals surface area contributed by atoms with E-state index in [9.17, 15) is 14.7 Å². The number of anilines is 1. The number of hydrogen-bond donors (Lipinski definition) is 2. The summed E-state index contributed by atoms with van der Waals surface area (Å²) in [5, 5.41) is 12.5. The minimum absolute atomic E-state index is 0.0383. The van der Waals surface area contributed by atoms with Crippen molar-refractivity contribution in [2.45, 2.75) is 0 Å². The molecule has 0 spiro atoms. The highest BCUT2D eigenvalue weighted by atomic mass is 16.4. The molecule has 0 atom stereocenters. The van der Waals surface area contributed by atoms with Crippen molar-refractivity contribution in [2.75, 3.05) is 5.32 Å². The lowest BCUT2D eigenvalue weighted by molar-refractivity contribution is 0.0696. The fourth-order valence-electron chi connectivity index (χ4n) is 3.17. The molecule has 0 fully saturated rings. The third-order valence-corrected chi connectivity index (χ3v) is 4.36. The van der Waals surface area contributed by atoms with Gasteiger partial charge in [-0.2, -0.15) is 0 Å². The van der Waals surface area contributed by atoms with E-state index in [1.807, 2.05) is 54.6 Å². The highest BCUT2D eigenvalue weighted by Gasteiger charge is 2.30. The van der Waals surface area contributed by atoms with Gasteiger partial charge < -0.3 is 10.4 Å². The molecule has 1 aliphatic carbocycles. The summed E-state index contributed by atoms with van der Waals surface area (Å²) in [6.45, 7) is 0. The Kier molecular flexibility index (Phi) is 3.86. The molecule has 0 bridgehead atoms. The Bertz CT molecular complexity index is 1050. The van der Waals surface area contributed by atoms with Crippen LogP contribution in [0.3, 0.4) is 0 Å². The summed E-state index contributed by atoms with van der Waals surface area (Å²) in [6.07, 6.45) is 0. The average Bonchev–Trinajstić information content (AvgIpc) is 2.95. The zero-order chi connectivity index (χ0) is 18.1. The van der Waals surface area contributed by atoms with Crippen LogP contribution in [0.4, 0.5) is 5.69 Å².